The fourth-order valence-electron chi connectivity index (χ4n) is 2.48. The zero-order valence-electron chi connectivity index (χ0n) is 15.3. The van der Waals surface area contributed by atoms with Crippen molar-refractivity contribution < 1.29 is 14.3 Å². The van der Waals surface area contributed by atoms with E-state index in [9.17, 15) is 4.79 Å². The minimum atomic E-state index is 0.00505. The number of nitrogens with one attached hydrogen (secondary N) is 1. The number of amides is 1. The van der Waals surface area contributed by atoms with Gasteiger partial charge in [-0.25, -0.2) is 0 Å². The van der Waals surface area contributed by atoms with Crippen molar-refractivity contribution in [1.29, 1.82) is 0 Å². The maximum Gasteiger partial charge on any atom is 0.220 e. The van der Waals surface area contributed by atoms with Crippen molar-refractivity contribution in [2.45, 2.75) is 32.6 Å². The molecule has 5 heteroatoms. The van der Waals surface area contributed by atoms with Crippen molar-refractivity contribution in [1.82, 2.24) is 5.32 Å². The maximum absolute atomic E-state index is 11.8. The highest BCUT2D eigenvalue weighted by Gasteiger charge is 2.07. The van der Waals surface area contributed by atoms with Gasteiger partial charge in [-0.3, -0.25) is 4.79 Å². The predicted molar refractivity (Wildman–Crippen MR) is 105 cm³/mol. The Morgan fingerprint density at radius 1 is 1.04 bits per heavy atom. The van der Waals surface area contributed by atoms with Gasteiger partial charge in [0.1, 0.15) is 18.1 Å². The predicted octanol–water partition coefficient (Wildman–Crippen LogP) is 4.82. The molecule has 4 nitrogen and oxygen atoms in total. The summed E-state index contributed by atoms with van der Waals surface area (Å²) < 4.78 is 11.4. The first-order valence-electron chi connectivity index (χ1n) is 8.93. The molecule has 0 spiro atoms. The number of carbonyl (C=O) groups excluding carboxylic acids is 1. The van der Waals surface area contributed by atoms with Gasteiger partial charge < -0.3 is 14.8 Å². The second kappa shape index (κ2) is 10.7. The molecule has 0 heterocycles. The van der Waals surface area contributed by atoms with E-state index in [-0.39, 0.29) is 5.91 Å². The number of rotatable bonds is 10. The number of ether oxygens (including phenoxy) is 2. The Labute approximate surface area is 160 Å². The van der Waals surface area contributed by atoms with Crippen molar-refractivity contribution in [2.75, 3.05) is 19.8 Å². The Hall–Kier alpha value is -2.20. The highest BCUT2D eigenvalue weighted by Crippen LogP contribution is 2.25. The van der Waals surface area contributed by atoms with E-state index in [2.05, 4.69) is 25.2 Å². The fraction of sp³-hybridized carbons (Fsp3) is 0.381. The summed E-state index contributed by atoms with van der Waals surface area (Å²) in [5.41, 5.74) is 1.18. The second-order valence-electron chi connectivity index (χ2n) is 6.30. The third-order valence-corrected chi connectivity index (χ3v) is 4.11. The number of carbonyl (C=O) groups is 1. The largest absolute Gasteiger partial charge is 0.494 e. The van der Waals surface area contributed by atoms with E-state index in [0.29, 0.717) is 43.5 Å². The molecule has 0 fully saturated rings. The van der Waals surface area contributed by atoms with E-state index in [1.165, 1.54) is 5.56 Å². The smallest absolute Gasteiger partial charge is 0.220 e. The molecular weight excluding hydrogens is 350 g/mol. The van der Waals surface area contributed by atoms with Gasteiger partial charge in [-0.1, -0.05) is 43.6 Å². The van der Waals surface area contributed by atoms with Gasteiger partial charge in [0.2, 0.25) is 5.91 Å². The first-order valence-corrected chi connectivity index (χ1v) is 9.31. The molecule has 0 radical (unpaired) electrons. The summed E-state index contributed by atoms with van der Waals surface area (Å²) in [6.07, 6.45) is 1.08. The third kappa shape index (κ3) is 6.96. The third-order valence-electron chi connectivity index (χ3n) is 3.85. The standard InChI is InChI=1S/C21H26ClNO3/c1-16(2)19-6-3-4-7-20(19)26-15-13-23-21(24)8-5-14-25-18-11-9-17(22)10-12-18/h3-4,6-7,9-12,16H,5,8,13-15H2,1-2H3,(H,23,24). The van der Waals surface area contributed by atoms with Gasteiger partial charge in [0.25, 0.3) is 0 Å². The van der Waals surface area contributed by atoms with Crippen LogP contribution in [0.5, 0.6) is 11.5 Å². The minimum absolute atomic E-state index is 0.00505. The van der Waals surface area contributed by atoms with Gasteiger partial charge in [0, 0.05) is 11.4 Å². The minimum Gasteiger partial charge on any atom is -0.494 e. The van der Waals surface area contributed by atoms with Crippen LogP contribution < -0.4 is 14.8 Å². The van der Waals surface area contributed by atoms with Crippen LogP contribution in [0.2, 0.25) is 5.02 Å². The summed E-state index contributed by atoms with van der Waals surface area (Å²) >= 11 is 5.82. The average molecular weight is 376 g/mol. The molecule has 26 heavy (non-hydrogen) atoms. The zero-order valence-corrected chi connectivity index (χ0v) is 16.1. The van der Waals surface area contributed by atoms with Crippen LogP contribution in [0.25, 0.3) is 0 Å². The topological polar surface area (TPSA) is 47.6 Å². The van der Waals surface area contributed by atoms with Crippen LogP contribution in [0.1, 0.15) is 38.2 Å². The van der Waals surface area contributed by atoms with E-state index in [1.807, 2.05) is 30.3 Å². The molecule has 0 aromatic heterocycles. The molecule has 0 aliphatic carbocycles. The lowest BCUT2D eigenvalue weighted by molar-refractivity contribution is -0.121. The molecule has 0 bridgehead atoms. The van der Waals surface area contributed by atoms with Crippen molar-refractivity contribution in [3.05, 3.63) is 59.1 Å². The van der Waals surface area contributed by atoms with Crippen LogP contribution in [0, 0.1) is 0 Å². The molecule has 2 aromatic carbocycles. The number of benzene rings is 2. The van der Waals surface area contributed by atoms with Crippen LogP contribution in [0.3, 0.4) is 0 Å². The van der Waals surface area contributed by atoms with Crippen LogP contribution in [0.4, 0.5) is 0 Å². The lowest BCUT2D eigenvalue weighted by Gasteiger charge is -2.14. The number of para-hydroxylation sites is 1. The van der Waals surface area contributed by atoms with Gasteiger partial charge in [0.05, 0.1) is 13.2 Å². The van der Waals surface area contributed by atoms with Gasteiger partial charge in [-0.05, 0) is 48.2 Å². The lowest BCUT2D eigenvalue weighted by Crippen LogP contribution is -2.28. The van der Waals surface area contributed by atoms with Crippen molar-refractivity contribution in [3.8, 4) is 11.5 Å². The monoisotopic (exact) mass is 375 g/mol. The Balaban J connectivity index is 1.58. The van der Waals surface area contributed by atoms with E-state index >= 15 is 0 Å². The molecule has 2 aromatic rings. The summed E-state index contributed by atoms with van der Waals surface area (Å²) in [5, 5.41) is 3.55. The molecule has 1 amide bonds. The summed E-state index contributed by atoms with van der Waals surface area (Å²) in [6.45, 7) is 5.71. The highest BCUT2D eigenvalue weighted by molar-refractivity contribution is 6.30. The zero-order chi connectivity index (χ0) is 18.8. The summed E-state index contributed by atoms with van der Waals surface area (Å²) in [5.74, 6) is 2.05. The molecule has 140 valence electrons. The van der Waals surface area contributed by atoms with Gasteiger partial charge in [0.15, 0.2) is 0 Å². The fourth-order valence-corrected chi connectivity index (χ4v) is 2.61. The van der Waals surface area contributed by atoms with Crippen LogP contribution in [0.15, 0.2) is 48.5 Å². The maximum atomic E-state index is 11.8. The normalized spacial score (nSPS) is 10.6. The van der Waals surface area contributed by atoms with E-state index < -0.39 is 0 Å². The second-order valence-corrected chi connectivity index (χ2v) is 6.73. The van der Waals surface area contributed by atoms with Crippen LogP contribution >= 0.6 is 11.6 Å². The van der Waals surface area contributed by atoms with Gasteiger partial charge >= 0.3 is 0 Å². The van der Waals surface area contributed by atoms with E-state index in [0.717, 1.165) is 11.5 Å². The molecule has 0 unspecified atom stereocenters. The summed E-state index contributed by atoms with van der Waals surface area (Å²) in [6, 6.07) is 15.2. The lowest BCUT2D eigenvalue weighted by atomic mass is 10.0. The quantitative estimate of drug-likeness (QED) is 0.606. The van der Waals surface area contributed by atoms with Crippen LogP contribution in [-0.4, -0.2) is 25.7 Å². The first-order chi connectivity index (χ1) is 12.6. The molecule has 0 aliphatic rings. The van der Waals surface area contributed by atoms with Crippen LogP contribution in [-0.2, 0) is 4.79 Å². The molecule has 2 rings (SSSR count). The Kier molecular flexibility index (Phi) is 8.29. The van der Waals surface area contributed by atoms with E-state index in [1.54, 1.807) is 12.1 Å². The Morgan fingerprint density at radius 3 is 2.50 bits per heavy atom. The molecule has 1 N–H and O–H groups in total. The summed E-state index contributed by atoms with van der Waals surface area (Å²) in [7, 11) is 0. The summed E-state index contributed by atoms with van der Waals surface area (Å²) in [4.78, 5) is 11.8. The molecular formula is C21H26ClNO3. The van der Waals surface area contributed by atoms with Crippen molar-refractivity contribution >= 4 is 17.5 Å². The molecule has 0 atom stereocenters. The Morgan fingerprint density at radius 2 is 1.77 bits per heavy atom. The molecule has 0 aliphatic heterocycles. The average Bonchev–Trinajstić information content (AvgIpc) is 2.64. The number of hydrogen-bond acceptors (Lipinski definition) is 3. The highest BCUT2D eigenvalue weighted by atomic mass is 35.5. The first kappa shape index (κ1) is 20.1. The number of halogens is 1. The van der Waals surface area contributed by atoms with Crippen molar-refractivity contribution in [3.63, 3.8) is 0 Å². The van der Waals surface area contributed by atoms with Gasteiger partial charge in [-0.15, -0.1) is 0 Å². The van der Waals surface area contributed by atoms with Crippen molar-refractivity contribution in [2.24, 2.45) is 0 Å². The SMILES string of the molecule is CC(C)c1ccccc1OCCNC(=O)CCCOc1ccc(Cl)cc1. The number of hydrogen-bond donors (Lipinski definition) is 1. The molecule has 0 saturated carbocycles. The van der Waals surface area contributed by atoms with Gasteiger partial charge in [-0.2, -0.15) is 0 Å². The van der Waals surface area contributed by atoms with E-state index in [4.69, 9.17) is 21.1 Å². The molecule has 0 saturated heterocycles. The Bertz CT molecular complexity index is 686.